The standard InChI is InChI=1S/C26H28N2O2/c29-25-7-3-1-5-21(25)17-27-23-13-9-19(10-14-23)20-11-15-24(16-12-20)28-18-22-6-2-4-8-26(22)30/h9-18,27-28H,1-8H2/b21-17+,22-18+. The largest absolute Gasteiger partial charge is 0.361 e. The van der Waals surface area contributed by atoms with Gasteiger partial charge in [0.05, 0.1) is 0 Å². The Hall–Kier alpha value is -3.14. The maximum absolute atomic E-state index is 11.9. The molecule has 2 aromatic carbocycles. The normalized spacial score (nSPS) is 19.9. The lowest BCUT2D eigenvalue weighted by atomic mass is 9.94. The van der Waals surface area contributed by atoms with Gasteiger partial charge < -0.3 is 10.6 Å². The summed E-state index contributed by atoms with van der Waals surface area (Å²) in [6.07, 6.45) is 11.0. The molecule has 30 heavy (non-hydrogen) atoms. The highest BCUT2D eigenvalue weighted by molar-refractivity contribution is 5.96. The van der Waals surface area contributed by atoms with Crippen molar-refractivity contribution < 1.29 is 9.59 Å². The van der Waals surface area contributed by atoms with Crippen molar-refractivity contribution in [3.8, 4) is 11.1 Å². The fraction of sp³-hybridized carbons (Fsp3) is 0.308. The number of benzene rings is 2. The van der Waals surface area contributed by atoms with Crippen LogP contribution in [0.1, 0.15) is 51.4 Å². The van der Waals surface area contributed by atoms with Gasteiger partial charge in [-0.1, -0.05) is 24.3 Å². The minimum atomic E-state index is 0.266. The molecule has 4 nitrogen and oxygen atoms in total. The van der Waals surface area contributed by atoms with Gasteiger partial charge in [-0.15, -0.1) is 0 Å². The molecule has 2 N–H and O–H groups in total. The fourth-order valence-corrected chi connectivity index (χ4v) is 3.97. The van der Waals surface area contributed by atoms with Crippen LogP contribution in [0.25, 0.3) is 11.1 Å². The first-order chi connectivity index (χ1) is 14.7. The van der Waals surface area contributed by atoms with Gasteiger partial charge in [0, 0.05) is 47.8 Å². The van der Waals surface area contributed by atoms with E-state index >= 15 is 0 Å². The van der Waals surface area contributed by atoms with Crippen LogP contribution in [-0.4, -0.2) is 11.6 Å². The van der Waals surface area contributed by atoms with Crippen molar-refractivity contribution in [2.24, 2.45) is 0 Å². The predicted molar refractivity (Wildman–Crippen MR) is 122 cm³/mol. The number of carbonyl (C=O) groups is 2. The minimum Gasteiger partial charge on any atom is -0.361 e. The van der Waals surface area contributed by atoms with Crippen LogP contribution in [-0.2, 0) is 9.59 Å². The van der Waals surface area contributed by atoms with Crippen molar-refractivity contribution in [1.82, 2.24) is 0 Å². The second-order valence-electron chi connectivity index (χ2n) is 8.04. The van der Waals surface area contributed by atoms with Crippen molar-refractivity contribution in [3.05, 3.63) is 72.1 Å². The first kappa shape index (κ1) is 20.1. The summed E-state index contributed by atoms with van der Waals surface area (Å²) in [6.45, 7) is 0. The summed E-state index contributed by atoms with van der Waals surface area (Å²) in [6, 6.07) is 16.4. The maximum Gasteiger partial charge on any atom is 0.160 e. The average molecular weight is 401 g/mol. The van der Waals surface area contributed by atoms with Gasteiger partial charge in [0.25, 0.3) is 0 Å². The van der Waals surface area contributed by atoms with Crippen LogP contribution >= 0.6 is 0 Å². The number of allylic oxidation sites excluding steroid dienone is 2. The number of anilines is 2. The van der Waals surface area contributed by atoms with E-state index < -0.39 is 0 Å². The molecule has 0 aliphatic heterocycles. The Morgan fingerprint density at radius 3 is 1.27 bits per heavy atom. The lowest BCUT2D eigenvalue weighted by Crippen LogP contribution is -2.09. The smallest absolute Gasteiger partial charge is 0.160 e. The Balaban J connectivity index is 1.37. The molecule has 0 bridgehead atoms. The van der Waals surface area contributed by atoms with Gasteiger partial charge in [0.1, 0.15) is 0 Å². The molecular formula is C26H28N2O2. The van der Waals surface area contributed by atoms with E-state index in [0.717, 1.165) is 72.2 Å². The Labute approximate surface area is 178 Å². The highest BCUT2D eigenvalue weighted by Gasteiger charge is 2.15. The van der Waals surface area contributed by atoms with Crippen molar-refractivity contribution in [2.75, 3.05) is 10.6 Å². The van der Waals surface area contributed by atoms with Gasteiger partial charge >= 0.3 is 0 Å². The number of Topliss-reactive ketones (excluding diaryl/α,β-unsaturated/α-hetero) is 2. The third-order valence-electron chi connectivity index (χ3n) is 5.85. The van der Waals surface area contributed by atoms with Crippen LogP contribution in [0.5, 0.6) is 0 Å². The van der Waals surface area contributed by atoms with E-state index in [-0.39, 0.29) is 11.6 Å². The quantitative estimate of drug-likeness (QED) is 0.584. The number of carbonyl (C=O) groups excluding carboxylic acids is 2. The molecule has 0 amide bonds. The second kappa shape index (κ2) is 9.57. The maximum atomic E-state index is 11.9. The van der Waals surface area contributed by atoms with E-state index in [9.17, 15) is 9.59 Å². The van der Waals surface area contributed by atoms with Crippen molar-refractivity contribution >= 4 is 22.9 Å². The van der Waals surface area contributed by atoms with E-state index in [2.05, 4.69) is 34.9 Å². The Morgan fingerprint density at radius 1 is 0.533 bits per heavy atom. The van der Waals surface area contributed by atoms with Crippen LogP contribution in [0.3, 0.4) is 0 Å². The molecule has 4 rings (SSSR count). The molecule has 2 aromatic rings. The van der Waals surface area contributed by atoms with E-state index in [1.54, 1.807) is 0 Å². The molecular weight excluding hydrogens is 372 g/mol. The average Bonchev–Trinajstić information content (AvgIpc) is 2.79. The molecule has 154 valence electrons. The summed E-state index contributed by atoms with van der Waals surface area (Å²) in [5.74, 6) is 0.533. The SMILES string of the molecule is O=C1CCCC/C1=C\Nc1ccc(-c2ccc(N/C=C3\CCCCC3=O)cc2)cc1. The zero-order chi connectivity index (χ0) is 20.8. The lowest BCUT2D eigenvalue weighted by Gasteiger charge is -2.13. The van der Waals surface area contributed by atoms with Gasteiger partial charge in [-0.2, -0.15) is 0 Å². The van der Waals surface area contributed by atoms with Crippen LogP contribution in [0.2, 0.25) is 0 Å². The zero-order valence-corrected chi connectivity index (χ0v) is 17.2. The van der Waals surface area contributed by atoms with E-state index in [0.29, 0.717) is 12.8 Å². The lowest BCUT2D eigenvalue weighted by molar-refractivity contribution is -0.117. The summed E-state index contributed by atoms with van der Waals surface area (Å²) >= 11 is 0. The van der Waals surface area contributed by atoms with Gasteiger partial charge in [-0.25, -0.2) is 0 Å². The second-order valence-corrected chi connectivity index (χ2v) is 8.04. The van der Waals surface area contributed by atoms with Crippen molar-refractivity contribution in [1.29, 1.82) is 0 Å². The molecule has 0 radical (unpaired) electrons. The summed E-state index contributed by atoms with van der Waals surface area (Å²) < 4.78 is 0. The summed E-state index contributed by atoms with van der Waals surface area (Å²) in [7, 11) is 0. The van der Waals surface area contributed by atoms with Gasteiger partial charge in [0.15, 0.2) is 11.6 Å². The van der Waals surface area contributed by atoms with Crippen LogP contribution in [0.15, 0.2) is 72.1 Å². The number of hydrogen-bond acceptors (Lipinski definition) is 4. The topological polar surface area (TPSA) is 58.2 Å². The molecule has 2 fully saturated rings. The van der Waals surface area contributed by atoms with Crippen molar-refractivity contribution in [3.63, 3.8) is 0 Å². The predicted octanol–water partition coefficient (Wildman–Crippen LogP) is 6.23. The molecule has 0 aromatic heterocycles. The third kappa shape index (κ3) is 5.07. The molecule has 0 atom stereocenters. The Bertz CT molecular complexity index is 888. The van der Waals surface area contributed by atoms with Gasteiger partial charge in [-0.3, -0.25) is 9.59 Å². The van der Waals surface area contributed by atoms with Gasteiger partial charge in [-0.05, 0) is 73.9 Å². The first-order valence-electron chi connectivity index (χ1n) is 10.9. The van der Waals surface area contributed by atoms with Gasteiger partial charge in [0.2, 0.25) is 0 Å². The van der Waals surface area contributed by atoms with Crippen LogP contribution < -0.4 is 10.6 Å². The summed E-state index contributed by atoms with van der Waals surface area (Å²) in [5, 5.41) is 6.51. The highest BCUT2D eigenvalue weighted by atomic mass is 16.1. The first-order valence-corrected chi connectivity index (χ1v) is 10.9. The number of ketones is 2. The van der Waals surface area contributed by atoms with E-state index in [1.807, 2.05) is 36.7 Å². The molecule has 0 unspecified atom stereocenters. The molecule has 4 heteroatoms. The van der Waals surface area contributed by atoms with E-state index in [4.69, 9.17) is 0 Å². The van der Waals surface area contributed by atoms with Crippen molar-refractivity contribution in [2.45, 2.75) is 51.4 Å². The molecule has 0 heterocycles. The third-order valence-corrected chi connectivity index (χ3v) is 5.85. The highest BCUT2D eigenvalue weighted by Crippen LogP contribution is 2.25. The molecule has 0 saturated heterocycles. The fourth-order valence-electron chi connectivity index (χ4n) is 3.97. The molecule has 2 saturated carbocycles. The number of rotatable bonds is 5. The number of nitrogens with one attached hydrogen (secondary N) is 2. The molecule has 2 aliphatic rings. The summed E-state index contributed by atoms with van der Waals surface area (Å²) in [5.41, 5.74) is 6.03. The monoisotopic (exact) mass is 400 g/mol. The Kier molecular flexibility index (Phi) is 6.43. The van der Waals surface area contributed by atoms with E-state index in [1.165, 1.54) is 0 Å². The minimum absolute atomic E-state index is 0.266. The summed E-state index contributed by atoms with van der Waals surface area (Å²) in [4.78, 5) is 23.8. The van der Waals surface area contributed by atoms with Crippen LogP contribution in [0.4, 0.5) is 11.4 Å². The molecule has 2 aliphatic carbocycles. The van der Waals surface area contributed by atoms with Crippen LogP contribution in [0, 0.1) is 0 Å². The zero-order valence-electron chi connectivity index (χ0n) is 17.2. The molecule has 0 spiro atoms. The number of hydrogen-bond donors (Lipinski definition) is 2. The Morgan fingerprint density at radius 2 is 0.900 bits per heavy atom.